The number of carboxylic acid groups (broad SMARTS) is 1. The number of terminal acetylenes is 1. The maximum Gasteiger partial charge on any atom is 0.318 e. The van der Waals surface area contributed by atoms with Crippen molar-refractivity contribution >= 4 is 31.9 Å². The van der Waals surface area contributed by atoms with Gasteiger partial charge in [0, 0.05) is 7.05 Å². The number of aryl methyl sites for hydroxylation is 1. The van der Waals surface area contributed by atoms with Crippen LogP contribution in [0, 0.1) is 12.3 Å². The molecule has 0 bridgehead atoms. The van der Waals surface area contributed by atoms with Gasteiger partial charge in [-0.3, -0.25) is 4.79 Å². The second-order valence-corrected chi connectivity index (χ2v) is 5.78. The van der Waals surface area contributed by atoms with Crippen molar-refractivity contribution in [3.8, 4) is 12.3 Å². The summed E-state index contributed by atoms with van der Waals surface area (Å²) < 4.78 is 26.1. The monoisotopic (exact) mass is 336 g/mol. The summed E-state index contributed by atoms with van der Waals surface area (Å²) in [5, 5.41) is 15.5. The first kappa shape index (κ1) is 14.6. The van der Waals surface area contributed by atoms with Gasteiger partial charge in [-0.25, -0.2) is 13.1 Å². The highest BCUT2D eigenvalue weighted by molar-refractivity contribution is 9.10. The summed E-state index contributed by atoms with van der Waals surface area (Å²) in [6.07, 6.45) is 5.03. The van der Waals surface area contributed by atoms with Crippen LogP contribution in [0.4, 0.5) is 0 Å². The van der Waals surface area contributed by atoms with E-state index in [2.05, 4.69) is 32.2 Å². The van der Waals surface area contributed by atoms with E-state index in [-0.39, 0.29) is 16.2 Å². The molecule has 0 spiro atoms. The largest absolute Gasteiger partial charge is 0.480 e. The quantitative estimate of drug-likeness (QED) is 0.712. The van der Waals surface area contributed by atoms with Gasteiger partial charge >= 0.3 is 5.97 Å². The second kappa shape index (κ2) is 5.47. The van der Waals surface area contributed by atoms with Crippen molar-refractivity contribution < 1.29 is 18.3 Å². The van der Waals surface area contributed by atoms with Crippen molar-refractivity contribution in [2.75, 3.05) is 13.1 Å². The predicted molar refractivity (Wildman–Crippen MR) is 63.9 cm³/mol. The molecule has 0 aliphatic heterocycles. The van der Waals surface area contributed by atoms with Crippen LogP contribution in [0.3, 0.4) is 0 Å². The number of aromatic nitrogens is 3. The molecule has 1 aromatic rings. The van der Waals surface area contributed by atoms with E-state index in [1.807, 2.05) is 0 Å². The van der Waals surface area contributed by atoms with Crippen molar-refractivity contribution in [2.45, 2.75) is 5.03 Å². The van der Waals surface area contributed by atoms with E-state index >= 15 is 0 Å². The van der Waals surface area contributed by atoms with Gasteiger partial charge in [-0.2, -0.15) is 4.31 Å². The molecule has 0 aromatic carbocycles. The van der Waals surface area contributed by atoms with Gasteiger partial charge in [0.25, 0.3) is 10.0 Å². The minimum absolute atomic E-state index is 0.00240. The molecule has 98 valence electrons. The van der Waals surface area contributed by atoms with Gasteiger partial charge in [0.15, 0.2) is 4.60 Å². The lowest BCUT2D eigenvalue weighted by molar-refractivity contribution is -0.137. The minimum atomic E-state index is -4.08. The number of aliphatic carboxylic acids is 1. The van der Waals surface area contributed by atoms with E-state index in [0.29, 0.717) is 4.31 Å². The van der Waals surface area contributed by atoms with Crippen molar-refractivity contribution in [2.24, 2.45) is 7.05 Å². The molecular weight excluding hydrogens is 328 g/mol. The third-order valence-corrected chi connectivity index (χ3v) is 4.58. The molecule has 0 aliphatic rings. The van der Waals surface area contributed by atoms with E-state index in [9.17, 15) is 13.2 Å². The lowest BCUT2D eigenvalue weighted by atomic mass is 10.6. The minimum Gasteiger partial charge on any atom is -0.480 e. The van der Waals surface area contributed by atoms with Gasteiger partial charge in [0.05, 0.1) is 6.54 Å². The first-order valence-electron chi connectivity index (χ1n) is 4.51. The van der Waals surface area contributed by atoms with Crippen molar-refractivity contribution in [1.82, 2.24) is 19.3 Å². The Balaban J connectivity index is 3.26. The summed E-state index contributed by atoms with van der Waals surface area (Å²) in [7, 11) is -2.70. The second-order valence-electron chi connectivity index (χ2n) is 3.18. The number of carboxylic acids is 1. The van der Waals surface area contributed by atoms with Gasteiger partial charge in [-0.15, -0.1) is 11.5 Å². The molecule has 1 aromatic heterocycles. The highest BCUT2D eigenvalue weighted by Gasteiger charge is 2.31. The SMILES string of the molecule is C#CCN(CC(=O)O)S(=O)(=O)c1c(Br)nnn1C. The van der Waals surface area contributed by atoms with Crippen LogP contribution in [0.2, 0.25) is 0 Å². The van der Waals surface area contributed by atoms with Crippen molar-refractivity contribution in [1.29, 1.82) is 0 Å². The zero-order valence-electron chi connectivity index (χ0n) is 9.24. The number of carbonyl (C=O) groups is 1. The molecule has 0 aliphatic carbocycles. The molecule has 1 N–H and O–H groups in total. The Morgan fingerprint density at radius 2 is 2.28 bits per heavy atom. The summed E-state index contributed by atoms with van der Waals surface area (Å²) in [6.45, 7) is -1.09. The van der Waals surface area contributed by atoms with Crippen LogP contribution >= 0.6 is 15.9 Å². The van der Waals surface area contributed by atoms with Crippen LogP contribution in [0.1, 0.15) is 0 Å². The molecule has 8 nitrogen and oxygen atoms in total. The number of hydrogen-bond donors (Lipinski definition) is 1. The van der Waals surface area contributed by atoms with Crippen LogP contribution in [-0.4, -0.2) is 51.9 Å². The van der Waals surface area contributed by atoms with E-state index in [0.717, 1.165) is 4.68 Å². The Morgan fingerprint density at radius 3 is 2.67 bits per heavy atom. The van der Waals surface area contributed by atoms with Gasteiger partial charge in [-0.1, -0.05) is 11.1 Å². The smallest absolute Gasteiger partial charge is 0.318 e. The molecule has 0 unspecified atom stereocenters. The summed E-state index contributed by atoms with van der Waals surface area (Å²) >= 11 is 2.94. The summed E-state index contributed by atoms with van der Waals surface area (Å²) in [5.74, 6) is 0.793. The fraction of sp³-hybridized carbons (Fsp3) is 0.375. The number of sulfonamides is 1. The summed E-state index contributed by atoms with van der Waals surface area (Å²) in [4.78, 5) is 10.6. The molecular formula is C8H9BrN4O4S. The summed E-state index contributed by atoms with van der Waals surface area (Å²) in [6, 6.07) is 0. The summed E-state index contributed by atoms with van der Waals surface area (Å²) in [5.41, 5.74) is 0. The Morgan fingerprint density at radius 1 is 1.67 bits per heavy atom. The maximum atomic E-state index is 12.2. The standard InChI is InChI=1S/C8H9BrN4O4S/c1-3-4-13(5-6(14)15)18(16,17)8-7(9)10-11-12(8)2/h1H,4-5H2,2H3,(H,14,15). The van der Waals surface area contributed by atoms with Crippen LogP contribution < -0.4 is 0 Å². The number of hydrogen-bond acceptors (Lipinski definition) is 5. The normalized spacial score (nSPS) is 11.4. The average molecular weight is 337 g/mol. The maximum absolute atomic E-state index is 12.2. The Bertz CT molecular complexity index is 584. The lowest BCUT2D eigenvalue weighted by Gasteiger charge is -2.17. The number of nitrogens with zero attached hydrogens (tertiary/aromatic N) is 4. The molecule has 1 rings (SSSR count). The van der Waals surface area contributed by atoms with Gasteiger partial charge < -0.3 is 5.11 Å². The number of rotatable bonds is 5. The van der Waals surface area contributed by atoms with Crippen LogP contribution in [0.5, 0.6) is 0 Å². The first-order valence-corrected chi connectivity index (χ1v) is 6.74. The van der Waals surface area contributed by atoms with E-state index < -0.39 is 22.5 Å². The van der Waals surface area contributed by atoms with Crippen LogP contribution in [-0.2, 0) is 21.9 Å². The van der Waals surface area contributed by atoms with Crippen LogP contribution in [0.15, 0.2) is 9.63 Å². The van der Waals surface area contributed by atoms with E-state index in [1.165, 1.54) is 7.05 Å². The Hall–Kier alpha value is -1.44. The van der Waals surface area contributed by atoms with Gasteiger partial charge in [0.1, 0.15) is 6.54 Å². The zero-order valence-corrected chi connectivity index (χ0v) is 11.6. The lowest BCUT2D eigenvalue weighted by Crippen LogP contribution is -2.37. The predicted octanol–water partition coefficient (Wildman–Crippen LogP) is -0.714. The average Bonchev–Trinajstić information content (AvgIpc) is 2.57. The fourth-order valence-corrected chi connectivity index (χ4v) is 3.53. The van der Waals surface area contributed by atoms with Gasteiger partial charge in [0.2, 0.25) is 5.03 Å². The third-order valence-electron chi connectivity index (χ3n) is 1.90. The number of halogens is 1. The van der Waals surface area contributed by atoms with Crippen molar-refractivity contribution in [3.63, 3.8) is 0 Å². The molecule has 1 heterocycles. The molecule has 0 amide bonds. The molecule has 0 saturated carbocycles. The Kier molecular flexibility index (Phi) is 4.44. The molecule has 0 radical (unpaired) electrons. The van der Waals surface area contributed by atoms with Crippen molar-refractivity contribution in [3.05, 3.63) is 4.60 Å². The van der Waals surface area contributed by atoms with E-state index in [1.54, 1.807) is 0 Å². The highest BCUT2D eigenvalue weighted by Crippen LogP contribution is 2.21. The first-order chi connectivity index (χ1) is 8.30. The van der Waals surface area contributed by atoms with Crippen LogP contribution in [0.25, 0.3) is 0 Å². The molecule has 0 atom stereocenters. The topological polar surface area (TPSA) is 105 Å². The highest BCUT2D eigenvalue weighted by atomic mass is 79.9. The molecule has 18 heavy (non-hydrogen) atoms. The molecule has 10 heteroatoms. The van der Waals surface area contributed by atoms with Gasteiger partial charge in [-0.05, 0) is 15.9 Å². The van der Waals surface area contributed by atoms with E-state index in [4.69, 9.17) is 11.5 Å². The molecule has 0 saturated heterocycles. The zero-order chi connectivity index (χ0) is 13.9. The fourth-order valence-electron chi connectivity index (χ4n) is 1.20. The molecule has 0 fully saturated rings. The third kappa shape index (κ3) is 2.87. The Labute approximate surface area is 112 Å².